The Bertz CT molecular complexity index is 307. The average molecular weight is 254 g/mol. The molecule has 102 valence electrons. The molecule has 0 spiro atoms. The number of carbonyl (C=O) groups excluding carboxylic acids is 1. The Balaban J connectivity index is 1.65. The van der Waals surface area contributed by atoms with Crippen molar-refractivity contribution in [2.24, 2.45) is 5.92 Å². The third-order valence-electron chi connectivity index (χ3n) is 4.05. The molecule has 0 bridgehead atoms. The van der Waals surface area contributed by atoms with E-state index >= 15 is 0 Å². The van der Waals surface area contributed by atoms with Crippen molar-refractivity contribution in [1.29, 1.82) is 0 Å². The molecule has 1 aliphatic carbocycles. The summed E-state index contributed by atoms with van der Waals surface area (Å²) in [6, 6.07) is 0. The van der Waals surface area contributed by atoms with Crippen LogP contribution in [-0.2, 0) is 9.59 Å². The van der Waals surface area contributed by atoms with Gasteiger partial charge < -0.3 is 10.0 Å². The summed E-state index contributed by atoms with van der Waals surface area (Å²) in [7, 11) is 0. The molecular weight excluding hydrogens is 232 g/mol. The fourth-order valence-electron chi connectivity index (χ4n) is 2.55. The fourth-order valence-corrected chi connectivity index (χ4v) is 2.55. The second-order valence-electron chi connectivity index (χ2n) is 5.37. The van der Waals surface area contributed by atoms with Crippen molar-refractivity contribution in [3.8, 4) is 0 Å². The maximum Gasteiger partial charge on any atom is 0.304 e. The lowest BCUT2D eigenvalue weighted by Crippen LogP contribution is -2.49. The van der Waals surface area contributed by atoms with Crippen molar-refractivity contribution in [3.63, 3.8) is 0 Å². The molecule has 0 aromatic heterocycles. The van der Waals surface area contributed by atoms with Crippen LogP contribution in [-0.4, -0.2) is 59.5 Å². The van der Waals surface area contributed by atoms with Crippen molar-refractivity contribution >= 4 is 11.9 Å². The van der Waals surface area contributed by atoms with Crippen LogP contribution in [0.25, 0.3) is 0 Å². The van der Waals surface area contributed by atoms with Crippen LogP contribution in [0.4, 0.5) is 0 Å². The molecule has 18 heavy (non-hydrogen) atoms. The van der Waals surface area contributed by atoms with E-state index in [1.165, 1.54) is 19.3 Å². The summed E-state index contributed by atoms with van der Waals surface area (Å²) >= 11 is 0. The number of piperazine rings is 1. The minimum Gasteiger partial charge on any atom is -0.481 e. The summed E-state index contributed by atoms with van der Waals surface area (Å²) in [5.41, 5.74) is 0. The Morgan fingerprint density at radius 3 is 2.28 bits per heavy atom. The average Bonchev–Trinajstić information content (AvgIpc) is 2.31. The quantitative estimate of drug-likeness (QED) is 0.788. The summed E-state index contributed by atoms with van der Waals surface area (Å²) in [4.78, 5) is 26.5. The molecule has 1 saturated heterocycles. The molecule has 1 amide bonds. The second-order valence-corrected chi connectivity index (χ2v) is 5.37. The molecule has 0 aromatic rings. The van der Waals surface area contributed by atoms with Gasteiger partial charge in [0, 0.05) is 39.1 Å². The zero-order chi connectivity index (χ0) is 13.0. The zero-order valence-electron chi connectivity index (χ0n) is 10.8. The van der Waals surface area contributed by atoms with Gasteiger partial charge in [-0.2, -0.15) is 0 Å². The maximum absolute atomic E-state index is 12.0. The molecule has 1 heterocycles. The minimum atomic E-state index is -0.751. The highest BCUT2D eigenvalue weighted by molar-refractivity contribution is 5.76. The van der Waals surface area contributed by atoms with Gasteiger partial charge in [-0.3, -0.25) is 14.5 Å². The standard InChI is InChI=1S/C13H22N2O3/c16-12(10-11-2-1-3-11)15-8-6-14(7-9-15)5-4-13(17)18/h11H,1-10H2,(H,17,18). The predicted octanol–water partition coefficient (Wildman–Crippen LogP) is 0.795. The number of carboxylic acids is 1. The topological polar surface area (TPSA) is 60.9 Å². The Morgan fingerprint density at radius 2 is 1.78 bits per heavy atom. The van der Waals surface area contributed by atoms with Gasteiger partial charge in [-0.25, -0.2) is 0 Å². The number of hydrogen-bond donors (Lipinski definition) is 1. The number of carbonyl (C=O) groups is 2. The van der Waals surface area contributed by atoms with Crippen LogP contribution in [0.15, 0.2) is 0 Å². The van der Waals surface area contributed by atoms with Gasteiger partial charge >= 0.3 is 5.97 Å². The summed E-state index contributed by atoms with van der Waals surface area (Å²) in [5.74, 6) is 0.165. The molecule has 0 aromatic carbocycles. The highest BCUT2D eigenvalue weighted by Gasteiger charge is 2.26. The number of aliphatic carboxylic acids is 1. The van der Waals surface area contributed by atoms with Crippen molar-refractivity contribution in [2.75, 3.05) is 32.7 Å². The SMILES string of the molecule is O=C(O)CCN1CCN(C(=O)CC2CCC2)CC1. The molecule has 2 rings (SSSR count). The van der Waals surface area contributed by atoms with Crippen LogP contribution in [0.2, 0.25) is 0 Å². The summed E-state index contributed by atoms with van der Waals surface area (Å²) in [6.45, 7) is 3.73. The largest absolute Gasteiger partial charge is 0.481 e. The molecule has 1 N–H and O–H groups in total. The van der Waals surface area contributed by atoms with E-state index in [4.69, 9.17) is 5.11 Å². The third-order valence-corrected chi connectivity index (χ3v) is 4.05. The maximum atomic E-state index is 12.0. The molecule has 0 radical (unpaired) electrons. The molecule has 2 aliphatic rings. The Labute approximate surface area is 108 Å². The van der Waals surface area contributed by atoms with Crippen LogP contribution in [0.5, 0.6) is 0 Å². The van der Waals surface area contributed by atoms with Crippen molar-refractivity contribution in [1.82, 2.24) is 9.80 Å². The van der Waals surface area contributed by atoms with Gasteiger partial charge in [-0.1, -0.05) is 6.42 Å². The Kier molecular flexibility index (Phi) is 4.58. The Hall–Kier alpha value is -1.10. The second kappa shape index (κ2) is 6.18. The number of amides is 1. The van der Waals surface area contributed by atoms with Crippen LogP contribution < -0.4 is 0 Å². The van der Waals surface area contributed by atoms with E-state index in [0.29, 0.717) is 12.5 Å². The van der Waals surface area contributed by atoms with Gasteiger partial charge in [0.25, 0.3) is 0 Å². The normalized spacial score (nSPS) is 21.7. The molecular formula is C13H22N2O3. The minimum absolute atomic E-state index is 0.190. The fraction of sp³-hybridized carbons (Fsp3) is 0.846. The van der Waals surface area contributed by atoms with Gasteiger partial charge in [0.1, 0.15) is 0 Å². The lowest BCUT2D eigenvalue weighted by molar-refractivity contribution is -0.138. The first kappa shape index (κ1) is 13.3. The van der Waals surface area contributed by atoms with E-state index in [0.717, 1.165) is 32.6 Å². The number of rotatable bonds is 5. The highest BCUT2D eigenvalue weighted by Crippen LogP contribution is 2.29. The molecule has 5 heteroatoms. The first-order valence-electron chi connectivity index (χ1n) is 6.87. The highest BCUT2D eigenvalue weighted by atomic mass is 16.4. The summed E-state index contributed by atoms with van der Waals surface area (Å²) in [6.07, 6.45) is 4.61. The van der Waals surface area contributed by atoms with Crippen LogP contribution >= 0.6 is 0 Å². The van der Waals surface area contributed by atoms with Gasteiger partial charge in [-0.15, -0.1) is 0 Å². The van der Waals surface area contributed by atoms with E-state index in [-0.39, 0.29) is 12.3 Å². The first-order chi connectivity index (χ1) is 8.65. The van der Waals surface area contributed by atoms with E-state index < -0.39 is 5.97 Å². The molecule has 5 nitrogen and oxygen atoms in total. The van der Waals surface area contributed by atoms with Crippen LogP contribution in [0.1, 0.15) is 32.1 Å². The molecule has 0 atom stereocenters. The first-order valence-corrected chi connectivity index (χ1v) is 6.87. The number of carboxylic acid groups (broad SMARTS) is 1. The van der Waals surface area contributed by atoms with E-state index in [9.17, 15) is 9.59 Å². The van der Waals surface area contributed by atoms with Gasteiger partial charge in [0.05, 0.1) is 6.42 Å². The summed E-state index contributed by atoms with van der Waals surface area (Å²) < 4.78 is 0. The summed E-state index contributed by atoms with van der Waals surface area (Å²) in [5, 5.41) is 8.63. The number of nitrogens with zero attached hydrogens (tertiary/aromatic N) is 2. The van der Waals surface area contributed by atoms with Crippen LogP contribution in [0, 0.1) is 5.92 Å². The van der Waals surface area contributed by atoms with E-state index in [2.05, 4.69) is 4.90 Å². The molecule has 0 unspecified atom stereocenters. The van der Waals surface area contributed by atoms with Gasteiger partial charge in [0.2, 0.25) is 5.91 Å². The lowest BCUT2D eigenvalue weighted by atomic mass is 9.82. The van der Waals surface area contributed by atoms with Crippen LogP contribution in [0.3, 0.4) is 0 Å². The zero-order valence-corrected chi connectivity index (χ0v) is 10.8. The lowest BCUT2D eigenvalue weighted by Gasteiger charge is -2.36. The number of hydrogen-bond acceptors (Lipinski definition) is 3. The van der Waals surface area contributed by atoms with Gasteiger partial charge in [-0.05, 0) is 18.8 Å². The molecule has 1 aliphatic heterocycles. The van der Waals surface area contributed by atoms with E-state index in [1.54, 1.807) is 0 Å². The molecule has 2 fully saturated rings. The smallest absolute Gasteiger partial charge is 0.304 e. The van der Waals surface area contributed by atoms with Crippen molar-refractivity contribution in [2.45, 2.75) is 32.1 Å². The Morgan fingerprint density at radius 1 is 1.11 bits per heavy atom. The van der Waals surface area contributed by atoms with E-state index in [1.807, 2.05) is 4.90 Å². The molecule has 1 saturated carbocycles. The monoisotopic (exact) mass is 254 g/mol. The third kappa shape index (κ3) is 3.70. The van der Waals surface area contributed by atoms with Crippen molar-refractivity contribution in [3.05, 3.63) is 0 Å². The predicted molar refractivity (Wildman–Crippen MR) is 67.2 cm³/mol. The van der Waals surface area contributed by atoms with Crippen molar-refractivity contribution < 1.29 is 14.7 Å². The van der Waals surface area contributed by atoms with Gasteiger partial charge in [0.15, 0.2) is 0 Å².